The molecule has 1 aliphatic rings. The Morgan fingerprint density at radius 1 is 1.14 bits per heavy atom. The van der Waals surface area contributed by atoms with Crippen LogP contribution in [0.2, 0.25) is 0 Å². The molecule has 1 aliphatic heterocycles. The number of carbonyl (C=O) groups excluding carboxylic acids is 1. The fraction of sp³-hybridized carbons (Fsp3) is 0.381. The molecule has 0 saturated carbocycles. The molecule has 1 atom stereocenters. The largest absolute Gasteiger partial charge is 0.482 e. The molecule has 2 N–H and O–H groups in total. The van der Waals surface area contributed by atoms with E-state index in [-0.39, 0.29) is 22.8 Å². The average Bonchev–Trinajstić information content (AvgIpc) is 2.70. The highest BCUT2D eigenvalue weighted by Gasteiger charge is 2.37. The Hall–Kier alpha value is -2.97. The lowest BCUT2D eigenvalue weighted by atomic mass is 10.2. The zero-order chi connectivity index (χ0) is 26.2. The number of benzene rings is 2. The third-order valence-corrected chi connectivity index (χ3v) is 7.05. The SMILES string of the molecule is CC(C)(C)OC(=O)Nc1cc(F)c2c(c1)N(S(=O)(=O)c1ccc(F)cc1)C[C@H](CNS(C)(=O)=O)O2. The number of anilines is 2. The molecular formula is C21H25F2N3O7S2. The minimum absolute atomic E-state index is 0.105. The molecule has 0 unspecified atom stereocenters. The molecule has 10 nitrogen and oxygen atoms in total. The Bertz CT molecular complexity index is 1330. The molecule has 1 amide bonds. The topological polar surface area (TPSA) is 131 Å². The van der Waals surface area contributed by atoms with E-state index in [4.69, 9.17) is 9.47 Å². The first-order valence-electron chi connectivity index (χ1n) is 10.3. The molecule has 0 aliphatic carbocycles. The second kappa shape index (κ2) is 9.59. The van der Waals surface area contributed by atoms with Gasteiger partial charge in [0.2, 0.25) is 10.0 Å². The summed E-state index contributed by atoms with van der Waals surface area (Å²) in [4.78, 5) is 11.9. The standard InChI is InChI=1S/C21H25F2N3O7S2/c1-21(2,3)33-20(27)25-14-9-17(23)19-18(10-14)26(12-15(32-19)11-24-34(4,28)29)35(30,31)16-7-5-13(22)6-8-16/h5-10,15,24H,11-12H2,1-4H3,(H,25,27)/t15-/m0/s1. The van der Waals surface area contributed by atoms with Gasteiger partial charge in [-0.3, -0.25) is 9.62 Å². The van der Waals surface area contributed by atoms with Crippen molar-refractivity contribution in [2.45, 2.75) is 37.4 Å². The van der Waals surface area contributed by atoms with Crippen molar-refractivity contribution in [1.82, 2.24) is 4.72 Å². The third-order valence-electron chi connectivity index (χ3n) is 4.57. The zero-order valence-corrected chi connectivity index (χ0v) is 21.0. The van der Waals surface area contributed by atoms with Crippen LogP contribution in [0.25, 0.3) is 0 Å². The van der Waals surface area contributed by atoms with Gasteiger partial charge in [-0.2, -0.15) is 0 Å². The van der Waals surface area contributed by atoms with Crippen LogP contribution < -0.4 is 19.1 Å². The van der Waals surface area contributed by atoms with Crippen LogP contribution in [0.1, 0.15) is 20.8 Å². The monoisotopic (exact) mass is 533 g/mol. The van der Waals surface area contributed by atoms with Gasteiger partial charge in [-0.25, -0.2) is 35.1 Å². The van der Waals surface area contributed by atoms with Crippen LogP contribution in [0.3, 0.4) is 0 Å². The van der Waals surface area contributed by atoms with Crippen LogP contribution >= 0.6 is 0 Å². The maximum absolute atomic E-state index is 15.1. The predicted octanol–water partition coefficient (Wildman–Crippen LogP) is 2.82. The Morgan fingerprint density at radius 3 is 2.34 bits per heavy atom. The molecule has 192 valence electrons. The number of carbonyl (C=O) groups is 1. The molecule has 0 radical (unpaired) electrons. The van der Waals surface area contributed by atoms with Crippen LogP contribution in [0.4, 0.5) is 25.0 Å². The summed E-state index contributed by atoms with van der Waals surface area (Å²) in [6, 6.07) is 6.10. The summed E-state index contributed by atoms with van der Waals surface area (Å²) in [7, 11) is -8.02. The second-order valence-electron chi connectivity index (χ2n) is 8.78. The highest BCUT2D eigenvalue weighted by Crippen LogP contribution is 2.41. The smallest absolute Gasteiger partial charge is 0.412 e. The van der Waals surface area contributed by atoms with Crippen molar-refractivity contribution in [1.29, 1.82) is 0 Å². The van der Waals surface area contributed by atoms with Crippen LogP contribution in [0, 0.1) is 11.6 Å². The first-order chi connectivity index (χ1) is 16.0. The molecule has 0 fully saturated rings. The number of nitrogens with zero attached hydrogens (tertiary/aromatic N) is 1. The maximum atomic E-state index is 15.1. The Kier molecular flexibility index (Phi) is 7.29. The molecule has 1 heterocycles. The van der Waals surface area contributed by atoms with E-state index in [0.717, 1.165) is 40.9 Å². The lowest BCUT2D eigenvalue weighted by molar-refractivity contribution is 0.0636. The van der Waals surface area contributed by atoms with Crippen LogP contribution in [0.5, 0.6) is 5.75 Å². The fourth-order valence-corrected chi connectivity index (χ4v) is 5.15. The van der Waals surface area contributed by atoms with E-state index in [9.17, 15) is 26.0 Å². The molecule has 2 aromatic rings. The van der Waals surface area contributed by atoms with Crippen molar-refractivity contribution < 1.29 is 39.9 Å². The highest BCUT2D eigenvalue weighted by molar-refractivity contribution is 7.92. The quantitative estimate of drug-likeness (QED) is 0.584. The van der Waals surface area contributed by atoms with E-state index in [2.05, 4.69) is 10.0 Å². The molecular weight excluding hydrogens is 508 g/mol. The number of nitrogens with one attached hydrogen (secondary N) is 2. The Balaban J connectivity index is 2.05. The number of hydrogen-bond donors (Lipinski definition) is 2. The van der Waals surface area contributed by atoms with Crippen LogP contribution in [-0.4, -0.2) is 54.0 Å². The number of hydrogen-bond acceptors (Lipinski definition) is 7. The fourth-order valence-electron chi connectivity index (χ4n) is 3.17. The van der Waals surface area contributed by atoms with Gasteiger partial charge >= 0.3 is 6.09 Å². The van der Waals surface area contributed by atoms with Crippen molar-refractivity contribution in [2.24, 2.45) is 0 Å². The summed E-state index contributed by atoms with van der Waals surface area (Å²) in [5, 5.41) is 2.35. The summed E-state index contributed by atoms with van der Waals surface area (Å²) in [5.41, 5.74) is -1.18. The van der Waals surface area contributed by atoms with Crippen molar-refractivity contribution in [2.75, 3.05) is 29.0 Å². The molecule has 0 spiro atoms. The van der Waals surface area contributed by atoms with Crippen molar-refractivity contribution in [3.63, 3.8) is 0 Å². The predicted molar refractivity (Wildman–Crippen MR) is 124 cm³/mol. The van der Waals surface area contributed by atoms with E-state index in [1.54, 1.807) is 20.8 Å². The van der Waals surface area contributed by atoms with E-state index in [0.29, 0.717) is 0 Å². The van der Waals surface area contributed by atoms with Gasteiger partial charge in [0.25, 0.3) is 10.0 Å². The van der Waals surface area contributed by atoms with Crippen LogP contribution in [-0.2, 0) is 24.8 Å². The van der Waals surface area contributed by atoms with E-state index < -0.39 is 61.8 Å². The van der Waals surface area contributed by atoms with Crippen molar-refractivity contribution >= 4 is 37.5 Å². The minimum atomic E-state index is -4.37. The Labute approximate surface area is 202 Å². The summed E-state index contributed by atoms with van der Waals surface area (Å²) >= 11 is 0. The van der Waals surface area contributed by atoms with Gasteiger partial charge in [-0.1, -0.05) is 0 Å². The second-order valence-corrected chi connectivity index (χ2v) is 12.5. The highest BCUT2D eigenvalue weighted by atomic mass is 32.2. The summed E-state index contributed by atoms with van der Waals surface area (Å²) < 4.78 is 92.0. The molecule has 0 aromatic heterocycles. The van der Waals surface area contributed by atoms with Gasteiger partial charge in [0.1, 0.15) is 17.5 Å². The average molecular weight is 534 g/mol. The van der Waals surface area contributed by atoms with E-state index in [1.165, 1.54) is 6.07 Å². The number of sulfonamides is 2. The van der Waals surface area contributed by atoms with Gasteiger partial charge in [-0.15, -0.1) is 0 Å². The van der Waals surface area contributed by atoms with Gasteiger partial charge in [0.05, 0.1) is 23.4 Å². The van der Waals surface area contributed by atoms with Gasteiger partial charge in [-0.05, 0) is 51.1 Å². The number of ether oxygens (including phenoxy) is 2. The van der Waals surface area contributed by atoms with Crippen LogP contribution in [0.15, 0.2) is 41.3 Å². The van der Waals surface area contributed by atoms with Crippen molar-refractivity contribution in [3.05, 3.63) is 48.0 Å². The first-order valence-corrected chi connectivity index (χ1v) is 13.6. The summed E-state index contributed by atoms with van der Waals surface area (Å²) in [6.07, 6.45) is -1.07. The van der Waals surface area contributed by atoms with E-state index in [1.807, 2.05) is 0 Å². The number of halogens is 2. The molecule has 2 aromatic carbocycles. The van der Waals surface area contributed by atoms with E-state index >= 15 is 4.39 Å². The first kappa shape index (κ1) is 26.6. The number of fused-ring (bicyclic) bond motifs is 1. The molecule has 14 heteroatoms. The normalized spacial score (nSPS) is 16.3. The minimum Gasteiger partial charge on any atom is -0.482 e. The Morgan fingerprint density at radius 2 is 1.77 bits per heavy atom. The zero-order valence-electron chi connectivity index (χ0n) is 19.3. The third kappa shape index (κ3) is 6.80. The number of amides is 1. The van der Waals surface area contributed by atoms with Crippen molar-refractivity contribution in [3.8, 4) is 5.75 Å². The maximum Gasteiger partial charge on any atom is 0.412 e. The summed E-state index contributed by atoms with van der Waals surface area (Å²) in [5.74, 6) is -2.12. The van der Waals surface area contributed by atoms with Gasteiger partial charge in [0.15, 0.2) is 11.6 Å². The van der Waals surface area contributed by atoms with Gasteiger partial charge in [0, 0.05) is 18.3 Å². The van der Waals surface area contributed by atoms with Gasteiger partial charge < -0.3 is 9.47 Å². The molecule has 35 heavy (non-hydrogen) atoms. The lowest BCUT2D eigenvalue weighted by Crippen LogP contribution is -2.48. The molecule has 3 rings (SSSR count). The lowest BCUT2D eigenvalue weighted by Gasteiger charge is -2.36. The molecule has 0 saturated heterocycles. The number of rotatable bonds is 6. The summed E-state index contributed by atoms with van der Waals surface area (Å²) in [6.45, 7) is 4.16. The molecule has 0 bridgehead atoms.